The van der Waals surface area contributed by atoms with Crippen molar-refractivity contribution < 1.29 is 21.5 Å². The monoisotopic (exact) mass is 318 g/mol. The molecule has 0 radical (unpaired) electrons. The van der Waals surface area contributed by atoms with Crippen molar-refractivity contribution in [2.45, 2.75) is 0 Å². The zero-order valence-corrected chi connectivity index (χ0v) is 12.9. The number of hydrogen-bond donors (Lipinski definition) is 0. The van der Waals surface area contributed by atoms with Crippen LogP contribution in [0.2, 0.25) is 0 Å². The zero-order valence-electron chi connectivity index (χ0n) is 12.1. The topological polar surface area (TPSA) is 61.8 Å². The van der Waals surface area contributed by atoms with Gasteiger partial charge in [-0.15, -0.1) is 0 Å². The lowest BCUT2D eigenvalue weighted by Crippen LogP contribution is -2.11. The van der Waals surface area contributed by atoms with Gasteiger partial charge in [-0.05, 0) is 34.4 Å². The molecule has 5 nitrogen and oxygen atoms in total. The van der Waals surface area contributed by atoms with Crippen molar-refractivity contribution in [1.29, 1.82) is 0 Å². The highest BCUT2D eigenvalue weighted by molar-refractivity contribution is 7.82. The van der Waals surface area contributed by atoms with Crippen LogP contribution in [0.5, 0.6) is 11.5 Å². The van der Waals surface area contributed by atoms with E-state index >= 15 is 0 Å². The zero-order chi connectivity index (χ0) is 15.7. The van der Waals surface area contributed by atoms with Gasteiger partial charge in [0, 0.05) is 5.39 Å². The molecule has 3 rings (SSSR count). The van der Waals surface area contributed by atoms with Crippen molar-refractivity contribution in [1.82, 2.24) is 0 Å². The Labute approximate surface area is 128 Å². The van der Waals surface area contributed by atoms with Gasteiger partial charge < -0.3 is 8.92 Å². The summed E-state index contributed by atoms with van der Waals surface area (Å²) in [6.45, 7) is 0. The minimum atomic E-state index is -4.13. The number of methoxy groups -OCH3 is 1. The third kappa shape index (κ3) is 2.58. The number of hydrogen-bond acceptors (Lipinski definition) is 5. The maximum Gasteiger partial charge on any atom is 0.448 e. The van der Waals surface area contributed by atoms with Crippen LogP contribution < -0.4 is 8.92 Å². The Hall–Kier alpha value is -2.31. The molecule has 6 heteroatoms. The van der Waals surface area contributed by atoms with Crippen molar-refractivity contribution in [3.8, 4) is 11.5 Å². The van der Waals surface area contributed by atoms with Gasteiger partial charge in [0.25, 0.3) is 0 Å². The maximum atomic E-state index is 11.6. The second kappa shape index (κ2) is 5.47. The smallest absolute Gasteiger partial charge is 0.448 e. The molecule has 0 unspecified atom stereocenters. The van der Waals surface area contributed by atoms with Crippen molar-refractivity contribution >= 4 is 31.9 Å². The van der Waals surface area contributed by atoms with Crippen LogP contribution in [-0.2, 0) is 14.6 Å². The van der Waals surface area contributed by atoms with Crippen molar-refractivity contribution in [3.05, 3.63) is 48.5 Å². The van der Waals surface area contributed by atoms with Gasteiger partial charge in [0.2, 0.25) is 0 Å². The van der Waals surface area contributed by atoms with Gasteiger partial charge in [0.1, 0.15) is 0 Å². The highest BCUT2D eigenvalue weighted by atomic mass is 32.3. The summed E-state index contributed by atoms with van der Waals surface area (Å²) in [6, 6.07) is 15.2. The van der Waals surface area contributed by atoms with E-state index in [1.165, 1.54) is 7.11 Å². The van der Waals surface area contributed by atoms with Crippen molar-refractivity contribution in [3.63, 3.8) is 0 Å². The molecule has 0 aliphatic carbocycles. The fourth-order valence-corrected chi connectivity index (χ4v) is 2.79. The SMILES string of the molecule is COc1ccc2cc3ccccc3cc2c1OS(=O)(=O)OC. The second-order valence-corrected chi connectivity index (χ2v) is 5.99. The van der Waals surface area contributed by atoms with Crippen LogP contribution in [0.4, 0.5) is 0 Å². The molecule has 0 aromatic heterocycles. The number of ether oxygens (including phenoxy) is 1. The predicted octanol–water partition coefficient (Wildman–Crippen LogP) is 3.27. The first kappa shape index (κ1) is 14.6. The molecular weight excluding hydrogens is 304 g/mol. The van der Waals surface area contributed by atoms with Gasteiger partial charge in [-0.1, -0.05) is 30.3 Å². The van der Waals surface area contributed by atoms with Crippen LogP contribution in [0, 0.1) is 0 Å². The van der Waals surface area contributed by atoms with Crippen molar-refractivity contribution in [2.24, 2.45) is 0 Å². The Morgan fingerprint density at radius 1 is 0.864 bits per heavy atom. The third-order valence-electron chi connectivity index (χ3n) is 3.41. The van der Waals surface area contributed by atoms with Crippen LogP contribution in [0.25, 0.3) is 21.5 Å². The molecule has 0 bridgehead atoms. The molecule has 0 saturated heterocycles. The summed E-state index contributed by atoms with van der Waals surface area (Å²) in [6.07, 6.45) is 0. The average molecular weight is 318 g/mol. The molecule has 22 heavy (non-hydrogen) atoms. The van der Waals surface area contributed by atoms with Gasteiger partial charge in [-0.3, -0.25) is 0 Å². The highest BCUT2D eigenvalue weighted by Gasteiger charge is 2.18. The van der Waals surface area contributed by atoms with Gasteiger partial charge in [-0.25, -0.2) is 4.18 Å². The maximum absolute atomic E-state index is 11.6. The standard InChI is InChI=1S/C16H14O5S/c1-19-15-8-7-13-9-11-5-3-4-6-12(11)10-14(13)16(15)21-22(17,18)20-2/h3-10H,1-2H3. The molecule has 0 atom stereocenters. The van der Waals surface area contributed by atoms with E-state index in [0.717, 1.165) is 23.3 Å². The summed E-state index contributed by atoms with van der Waals surface area (Å²) in [7, 11) is -1.63. The van der Waals surface area contributed by atoms with Crippen LogP contribution in [-0.4, -0.2) is 22.6 Å². The Kier molecular flexibility index (Phi) is 3.64. The Morgan fingerprint density at radius 3 is 2.18 bits per heavy atom. The Bertz CT molecular complexity index is 947. The largest absolute Gasteiger partial charge is 0.493 e. The molecule has 114 valence electrons. The third-order valence-corrected chi connectivity index (χ3v) is 4.19. The van der Waals surface area contributed by atoms with Gasteiger partial charge in [0.15, 0.2) is 11.5 Å². The summed E-state index contributed by atoms with van der Waals surface area (Å²) in [5, 5.41) is 3.52. The molecule has 0 heterocycles. The summed E-state index contributed by atoms with van der Waals surface area (Å²) >= 11 is 0. The van der Waals surface area contributed by atoms with E-state index in [1.807, 2.05) is 42.5 Å². The van der Waals surface area contributed by atoms with E-state index in [2.05, 4.69) is 4.18 Å². The Balaban J connectivity index is 2.32. The summed E-state index contributed by atoms with van der Waals surface area (Å²) in [5.41, 5.74) is 0. The molecule has 0 aliphatic heterocycles. The molecule has 0 N–H and O–H groups in total. The number of rotatable bonds is 4. The quantitative estimate of drug-likeness (QED) is 0.691. The molecule has 0 spiro atoms. The van der Waals surface area contributed by atoms with Gasteiger partial charge >= 0.3 is 10.4 Å². The van der Waals surface area contributed by atoms with E-state index in [1.54, 1.807) is 6.07 Å². The minimum absolute atomic E-state index is 0.118. The molecule has 3 aromatic rings. The predicted molar refractivity (Wildman–Crippen MR) is 84.6 cm³/mol. The molecule has 3 aromatic carbocycles. The lowest BCUT2D eigenvalue weighted by Gasteiger charge is -2.13. The molecule has 0 saturated carbocycles. The fraction of sp³-hybridized carbons (Fsp3) is 0.125. The van der Waals surface area contributed by atoms with E-state index in [9.17, 15) is 8.42 Å². The number of benzene rings is 3. The summed E-state index contributed by atoms with van der Waals surface area (Å²) in [4.78, 5) is 0. The van der Waals surface area contributed by atoms with Crippen LogP contribution in [0.15, 0.2) is 48.5 Å². The first-order valence-corrected chi connectivity index (χ1v) is 7.87. The molecule has 0 aliphatic rings. The fourth-order valence-electron chi connectivity index (χ4n) is 2.35. The second-order valence-electron chi connectivity index (χ2n) is 4.68. The first-order chi connectivity index (χ1) is 10.5. The average Bonchev–Trinajstić information content (AvgIpc) is 2.53. The highest BCUT2D eigenvalue weighted by Crippen LogP contribution is 2.38. The van der Waals surface area contributed by atoms with Crippen LogP contribution >= 0.6 is 0 Å². The van der Waals surface area contributed by atoms with Crippen molar-refractivity contribution in [2.75, 3.05) is 14.2 Å². The lowest BCUT2D eigenvalue weighted by molar-refractivity contribution is 0.322. The first-order valence-electron chi connectivity index (χ1n) is 6.53. The molecule has 0 amide bonds. The van der Waals surface area contributed by atoms with E-state index in [0.29, 0.717) is 11.1 Å². The van der Waals surface area contributed by atoms with E-state index in [4.69, 9.17) is 8.92 Å². The van der Waals surface area contributed by atoms with E-state index < -0.39 is 10.4 Å². The Morgan fingerprint density at radius 2 is 1.55 bits per heavy atom. The normalized spacial score (nSPS) is 11.7. The van der Waals surface area contributed by atoms with Gasteiger partial charge in [0.05, 0.1) is 14.2 Å². The number of fused-ring (bicyclic) bond motifs is 2. The molecule has 0 fully saturated rings. The molecular formula is C16H14O5S. The van der Waals surface area contributed by atoms with Crippen LogP contribution in [0.1, 0.15) is 0 Å². The minimum Gasteiger partial charge on any atom is -0.493 e. The van der Waals surface area contributed by atoms with E-state index in [-0.39, 0.29) is 5.75 Å². The van der Waals surface area contributed by atoms with Gasteiger partial charge in [-0.2, -0.15) is 8.42 Å². The summed E-state index contributed by atoms with van der Waals surface area (Å²) < 4.78 is 37.9. The van der Waals surface area contributed by atoms with Crippen LogP contribution in [0.3, 0.4) is 0 Å². The lowest BCUT2D eigenvalue weighted by atomic mass is 10.0. The summed E-state index contributed by atoms with van der Waals surface area (Å²) in [5.74, 6) is 0.441.